The van der Waals surface area contributed by atoms with Gasteiger partial charge in [0.1, 0.15) is 0 Å². The summed E-state index contributed by atoms with van der Waals surface area (Å²) in [6.07, 6.45) is 2.92. The third kappa shape index (κ3) is 2.42. The van der Waals surface area contributed by atoms with Crippen molar-refractivity contribution in [3.63, 3.8) is 0 Å². The van der Waals surface area contributed by atoms with Crippen LogP contribution in [0, 0.1) is 0 Å². The molecule has 0 aromatic heterocycles. The summed E-state index contributed by atoms with van der Waals surface area (Å²) in [7, 11) is -3.41. The van der Waals surface area contributed by atoms with Crippen molar-refractivity contribution in [2.45, 2.75) is 36.8 Å². The van der Waals surface area contributed by atoms with Crippen molar-refractivity contribution < 1.29 is 13.5 Å². The van der Waals surface area contributed by atoms with Crippen molar-refractivity contribution in [1.29, 1.82) is 0 Å². The molecule has 1 aliphatic rings. The number of aliphatic hydroxyl groups excluding tert-OH is 1. The lowest BCUT2D eigenvalue weighted by Crippen LogP contribution is -2.39. The molecule has 1 fully saturated rings. The van der Waals surface area contributed by atoms with Crippen LogP contribution >= 0.6 is 0 Å². The number of hydrogen-bond acceptors (Lipinski definition) is 3. The molecule has 4 nitrogen and oxygen atoms in total. The Morgan fingerprint density at radius 3 is 2.69 bits per heavy atom. The normalized spacial score (nSPS) is 17.1. The van der Waals surface area contributed by atoms with Gasteiger partial charge in [0.05, 0.1) is 11.5 Å². The molecule has 0 spiro atoms. The Kier molecular flexibility index (Phi) is 3.28. The first-order chi connectivity index (χ1) is 7.62. The maximum Gasteiger partial charge on any atom is 0.240 e. The number of hydrogen-bond donors (Lipinski definition) is 2. The Morgan fingerprint density at radius 2 is 2.12 bits per heavy atom. The largest absolute Gasteiger partial charge is 0.392 e. The van der Waals surface area contributed by atoms with E-state index in [4.69, 9.17) is 5.11 Å². The van der Waals surface area contributed by atoms with Crippen LogP contribution < -0.4 is 4.72 Å². The van der Waals surface area contributed by atoms with Crippen molar-refractivity contribution >= 4 is 10.0 Å². The number of benzene rings is 1. The lowest BCUT2D eigenvalue weighted by molar-refractivity contribution is 0.281. The number of nitrogens with one attached hydrogen (secondary N) is 1. The minimum Gasteiger partial charge on any atom is -0.392 e. The SMILES string of the molecule is O=S(=O)(NC1CCC1)c1cccc(CO)c1. The van der Waals surface area contributed by atoms with Gasteiger partial charge in [-0.3, -0.25) is 0 Å². The van der Waals surface area contributed by atoms with Gasteiger partial charge < -0.3 is 5.11 Å². The third-order valence-corrected chi connectivity index (χ3v) is 4.34. The van der Waals surface area contributed by atoms with Crippen LogP contribution in [-0.2, 0) is 16.6 Å². The summed E-state index contributed by atoms with van der Waals surface area (Å²) in [5, 5.41) is 8.95. The Hall–Kier alpha value is -0.910. The zero-order valence-corrected chi connectivity index (χ0v) is 9.70. The van der Waals surface area contributed by atoms with Gasteiger partial charge in [0.15, 0.2) is 0 Å². The maximum absolute atomic E-state index is 11.9. The molecule has 0 saturated heterocycles. The van der Waals surface area contributed by atoms with E-state index in [1.165, 1.54) is 6.07 Å². The van der Waals surface area contributed by atoms with Gasteiger partial charge in [0, 0.05) is 6.04 Å². The van der Waals surface area contributed by atoms with Crippen molar-refractivity contribution in [3.8, 4) is 0 Å². The zero-order chi connectivity index (χ0) is 11.6. The first kappa shape index (κ1) is 11.6. The fourth-order valence-corrected chi connectivity index (χ4v) is 3.00. The molecule has 0 radical (unpaired) electrons. The van der Waals surface area contributed by atoms with E-state index in [-0.39, 0.29) is 17.5 Å². The Bertz CT molecular complexity index is 466. The number of aliphatic hydroxyl groups is 1. The highest BCUT2D eigenvalue weighted by molar-refractivity contribution is 7.89. The molecule has 0 bridgehead atoms. The highest BCUT2D eigenvalue weighted by Gasteiger charge is 2.24. The van der Waals surface area contributed by atoms with Crippen molar-refractivity contribution in [2.75, 3.05) is 0 Å². The zero-order valence-electron chi connectivity index (χ0n) is 8.89. The van der Waals surface area contributed by atoms with E-state index in [1.54, 1.807) is 18.2 Å². The first-order valence-corrected chi connectivity index (χ1v) is 6.82. The van der Waals surface area contributed by atoms with Gasteiger partial charge in [-0.15, -0.1) is 0 Å². The van der Waals surface area contributed by atoms with Crippen LogP contribution in [0.3, 0.4) is 0 Å². The van der Waals surface area contributed by atoms with Gasteiger partial charge >= 0.3 is 0 Å². The average molecular weight is 241 g/mol. The molecule has 0 atom stereocenters. The second-order valence-corrected chi connectivity index (χ2v) is 5.77. The Balaban J connectivity index is 2.20. The predicted molar refractivity (Wildman–Crippen MR) is 60.3 cm³/mol. The lowest BCUT2D eigenvalue weighted by atomic mass is 9.94. The van der Waals surface area contributed by atoms with Gasteiger partial charge in [-0.1, -0.05) is 18.6 Å². The number of sulfonamides is 1. The van der Waals surface area contributed by atoms with Crippen LogP contribution in [0.25, 0.3) is 0 Å². The minimum absolute atomic E-state index is 0.0859. The molecule has 1 saturated carbocycles. The average Bonchev–Trinajstić information content (AvgIpc) is 2.24. The van der Waals surface area contributed by atoms with Crippen LogP contribution in [-0.4, -0.2) is 19.6 Å². The van der Waals surface area contributed by atoms with Crippen molar-refractivity contribution in [1.82, 2.24) is 4.72 Å². The molecule has 0 aliphatic heterocycles. The molecule has 16 heavy (non-hydrogen) atoms. The molecular formula is C11H15NO3S. The van der Waals surface area contributed by atoms with Crippen LogP contribution in [0.5, 0.6) is 0 Å². The summed E-state index contributed by atoms with van der Waals surface area (Å²) in [4.78, 5) is 0.228. The monoisotopic (exact) mass is 241 g/mol. The van der Waals surface area contributed by atoms with E-state index in [1.807, 2.05) is 0 Å². The van der Waals surface area contributed by atoms with Crippen LogP contribution in [0.2, 0.25) is 0 Å². The molecule has 2 rings (SSSR count). The van der Waals surface area contributed by atoms with Gasteiger partial charge in [-0.2, -0.15) is 0 Å². The quantitative estimate of drug-likeness (QED) is 0.826. The summed E-state index contributed by atoms with van der Waals surface area (Å²) in [6, 6.07) is 6.47. The fraction of sp³-hybridized carbons (Fsp3) is 0.455. The minimum atomic E-state index is -3.41. The van der Waals surface area contributed by atoms with E-state index < -0.39 is 10.0 Å². The fourth-order valence-electron chi connectivity index (χ4n) is 1.62. The lowest BCUT2D eigenvalue weighted by Gasteiger charge is -2.26. The molecule has 1 aliphatic carbocycles. The summed E-state index contributed by atoms with van der Waals surface area (Å²) in [5.74, 6) is 0. The molecule has 5 heteroatoms. The number of rotatable bonds is 4. The van der Waals surface area contributed by atoms with E-state index >= 15 is 0 Å². The van der Waals surface area contributed by atoms with Crippen LogP contribution in [0.1, 0.15) is 24.8 Å². The summed E-state index contributed by atoms with van der Waals surface area (Å²) in [6.45, 7) is -0.146. The molecule has 1 aromatic carbocycles. The van der Waals surface area contributed by atoms with Gasteiger partial charge in [0.25, 0.3) is 0 Å². The second kappa shape index (κ2) is 4.53. The van der Waals surface area contributed by atoms with Gasteiger partial charge in [-0.25, -0.2) is 13.1 Å². The molecule has 88 valence electrons. The molecular weight excluding hydrogens is 226 g/mol. The highest BCUT2D eigenvalue weighted by atomic mass is 32.2. The molecule has 0 amide bonds. The van der Waals surface area contributed by atoms with Gasteiger partial charge in [0.2, 0.25) is 10.0 Å². The van der Waals surface area contributed by atoms with E-state index in [9.17, 15) is 8.42 Å². The van der Waals surface area contributed by atoms with Gasteiger partial charge in [-0.05, 0) is 30.5 Å². The van der Waals surface area contributed by atoms with Crippen molar-refractivity contribution in [2.24, 2.45) is 0 Å². The topological polar surface area (TPSA) is 66.4 Å². The maximum atomic E-state index is 11.9. The highest BCUT2D eigenvalue weighted by Crippen LogP contribution is 2.21. The summed E-state index contributed by atoms with van der Waals surface area (Å²) >= 11 is 0. The smallest absolute Gasteiger partial charge is 0.240 e. The molecule has 0 unspecified atom stereocenters. The molecule has 2 N–H and O–H groups in total. The Labute approximate surface area is 95.4 Å². The standard InChI is InChI=1S/C11H15NO3S/c13-8-9-3-1-6-11(7-9)16(14,15)12-10-4-2-5-10/h1,3,6-7,10,12-13H,2,4-5,8H2. The summed E-state index contributed by atoms with van der Waals surface area (Å²) in [5.41, 5.74) is 0.608. The van der Waals surface area contributed by atoms with E-state index in [0.717, 1.165) is 19.3 Å². The first-order valence-electron chi connectivity index (χ1n) is 5.34. The van der Waals surface area contributed by atoms with E-state index in [0.29, 0.717) is 5.56 Å². The van der Waals surface area contributed by atoms with Crippen LogP contribution in [0.15, 0.2) is 29.2 Å². The third-order valence-electron chi connectivity index (χ3n) is 2.82. The predicted octanol–water partition coefficient (Wildman–Crippen LogP) is 1.01. The second-order valence-electron chi connectivity index (χ2n) is 4.05. The van der Waals surface area contributed by atoms with E-state index in [2.05, 4.69) is 4.72 Å². The molecule has 0 heterocycles. The molecule has 1 aromatic rings. The Morgan fingerprint density at radius 1 is 1.38 bits per heavy atom. The van der Waals surface area contributed by atoms with Crippen molar-refractivity contribution in [3.05, 3.63) is 29.8 Å². The van der Waals surface area contributed by atoms with Crippen LogP contribution in [0.4, 0.5) is 0 Å². The summed E-state index contributed by atoms with van der Waals surface area (Å²) < 4.78 is 26.5.